The van der Waals surface area contributed by atoms with Crippen molar-refractivity contribution >= 4 is 9.84 Å². The van der Waals surface area contributed by atoms with E-state index in [-0.39, 0.29) is 4.90 Å². The van der Waals surface area contributed by atoms with Gasteiger partial charge in [-0.25, -0.2) is 8.42 Å². The average Bonchev–Trinajstić information content (AvgIpc) is 3.35. The van der Waals surface area contributed by atoms with Crippen molar-refractivity contribution in [3.63, 3.8) is 0 Å². The summed E-state index contributed by atoms with van der Waals surface area (Å²) in [4.78, 5) is 8.80. The third kappa shape index (κ3) is 4.02. The van der Waals surface area contributed by atoms with Gasteiger partial charge >= 0.3 is 0 Å². The van der Waals surface area contributed by atoms with Crippen LogP contribution in [0, 0.1) is 5.92 Å². The molecule has 3 heterocycles. The Morgan fingerprint density at radius 1 is 1.10 bits per heavy atom. The Morgan fingerprint density at radius 2 is 1.87 bits per heavy atom. The zero-order chi connectivity index (χ0) is 21.3. The molecule has 4 aromatic rings. The molecule has 0 aliphatic rings. The number of rotatable bonds is 6. The van der Waals surface area contributed by atoms with Crippen LogP contribution in [-0.2, 0) is 16.4 Å². The largest absolute Gasteiger partial charge is 0.333 e. The molecule has 0 aliphatic carbocycles. The summed E-state index contributed by atoms with van der Waals surface area (Å²) >= 11 is 0. The third-order valence-electron chi connectivity index (χ3n) is 4.51. The molecular weight excluding hydrogens is 402 g/mol. The molecule has 0 bridgehead atoms. The first-order valence-corrected chi connectivity index (χ1v) is 11.3. The van der Waals surface area contributed by atoms with E-state index in [4.69, 9.17) is 4.52 Å². The van der Waals surface area contributed by atoms with Crippen molar-refractivity contribution in [3.8, 4) is 34.1 Å². The Hall–Kier alpha value is -3.33. The van der Waals surface area contributed by atoms with Crippen LogP contribution in [0.15, 0.2) is 64.4 Å². The van der Waals surface area contributed by atoms with E-state index in [2.05, 4.69) is 34.1 Å². The molecule has 0 radical (unpaired) electrons. The monoisotopic (exact) mass is 423 g/mol. The summed E-state index contributed by atoms with van der Waals surface area (Å²) < 4.78 is 31.2. The standard InChI is InChI=1S/C21H21N5O3S/c1-14(2)13-26-19(15-7-9-22-10-8-15)18(12-23-26)21-24-20(25-29-21)16-5-4-6-17(11-16)30(3,27)28/h4-12,14H,13H2,1-3H3. The van der Waals surface area contributed by atoms with Crippen LogP contribution < -0.4 is 0 Å². The number of nitrogens with zero attached hydrogens (tertiary/aromatic N) is 5. The van der Waals surface area contributed by atoms with E-state index in [0.29, 0.717) is 28.8 Å². The van der Waals surface area contributed by atoms with E-state index in [1.165, 1.54) is 12.1 Å². The number of pyridine rings is 1. The lowest BCUT2D eigenvalue weighted by Gasteiger charge is -2.10. The first-order chi connectivity index (χ1) is 14.3. The van der Waals surface area contributed by atoms with Crippen molar-refractivity contribution < 1.29 is 12.9 Å². The van der Waals surface area contributed by atoms with Crippen molar-refractivity contribution in [2.75, 3.05) is 6.26 Å². The molecule has 0 N–H and O–H groups in total. The summed E-state index contributed by atoms with van der Waals surface area (Å²) in [5.41, 5.74) is 3.08. The highest BCUT2D eigenvalue weighted by Crippen LogP contribution is 2.32. The molecule has 0 amide bonds. The van der Waals surface area contributed by atoms with Crippen LogP contribution in [-0.4, -0.2) is 39.6 Å². The van der Waals surface area contributed by atoms with E-state index in [0.717, 1.165) is 24.1 Å². The minimum atomic E-state index is -3.34. The van der Waals surface area contributed by atoms with Gasteiger partial charge in [-0.1, -0.05) is 31.1 Å². The minimum absolute atomic E-state index is 0.202. The topological polar surface area (TPSA) is 104 Å². The second-order valence-electron chi connectivity index (χ2n) is 7.44. The number of sulfone groups is 1. The lowest BCUT2D eigenvalue weighted by molar-refractivity contribution is 0.432. The Kier molecular flexibility index (Phi) is 5.21. The van der Waals surface area contributed by atoms with E-state index in [9.17, 15) is 8.42 Å². The van der Waals surface area contributed by atoms with Crippen molar-refractivity contribution in [1.29, 1.82) is 0 Å². The maximum atomic E-state index is 11.9. The third-order valence-corrected chi connectivity index (χ3v) is 5.62. The van der Waals surface area contributed by atoms with Gasteiger partial charge in [0.1, 0.15) is 0 Å². The second kappa shape index (κ2) is 7.83. The van der Waals surface area contributed by atoms with Crippen molar-refractivity contribution in [2.24, 2.45) is 5.92 Å². The summed E-state index contributed by atoms with van der Waals surface area (Å²) in [6.45, 7) is 4.98. The highest BCUT2D eigenvalue weighted by molar-refractivity contribution is 7.90. The Morgan fingerprint density at radius 3 is 2.57 bits per heavy atom. The molecule has 0 saturated carbocycles. The summed E-state index contributed by atoms with van der Waals surface area (Å²) in [7, 11) is -3.34. The Bertz CT molecular complexity index is 1280. The summed E-state index contributed by atoms with van der Waals surface area (Å²) in [5.74, 6) is 1.03. The molecule has 3 aromatic heterocycles. The maximum absolute atomic E-state index is 11.9. The van der Waals surface area contributed by atoms with Crippen molar-refractivity contribution in [3.05, 3.63) is 55.0 Å². The summed E-state index contributed by atoms with van der Waals surface area (Å²) in [5, 5.41) is 8.59. The maximum Gasteiger partial charge on any atom is 0.262 e. The molecule has 0 spiro atoms. The SMILES string of the molecule is CC(C)Cn1ncc(-c2nc(-c3cccc(S(C)(=O)=O)c3)no2)c1-c1ccncc1. The lowest BCUT2D eigenvalue weighted by Crippen LogP contribution is -2.07. The van der Waals surface area contributed by atoms with Crippen LogP contribution in [0.2, 0.25) is 0 Å². The van der Waals surface area contributed by atoms with E-state index in [1.807, 2.05) is 16.8 Å². The molecule has 0 fully saturated rings. The number of aromatic nitrogens is 5. The van der Waals surface area contributed by atoms with Crippen LogP contribution in [0.1, 0.15) is 13.8 Å². The average molecular weight is 423 g/mol. The summed E-state index contributed by atoms with van der Waals surface area (Å²) in [6, 6.07) is 10.3. The van der Waals surface area contributed by atoms with Gasteiger partial charge in [-0.3, -0.25) is 9.67 Å². The predicted molar refractivity (Wildman–Crippen MR) is 112 cm³/mol. The molecule has 154 valence electrons. The van der Waals surface area contributed by atoms with Crippen LogP contribution in [0.25, 0.3) is 34.1 Å². The molecule has 0 aliphatic heterocycles. The molecule has 4 rings (SSSR count). The van der Waals surface area contributed by atoms with Gasteiger partial charge in [0.15, 0.2) is 9.84 Å². The zero-order valence-electron chi connectivity index (χ0n) is 16.8. The first kappa shape index (κ1) is 20.0. The molecule has 8 nitrogen and oxygen atoms in total. The minimum Gasteiger partial charge on any atom is -0.333 e. The quantitative estimate of drug-likeness (QED) is 0.465. The molecule has 0 atom stereocenters. The molecule has 9 heteroatoms. The Labute approximate surface area is 174 Å². The van der Waals surface area contributed by atoms with Gasteiger partial charge in [-0.2, -0.15) is 10.1 Å². The predicted octanol–water partition coefficient (Wildman–Crippen LogP) is 3.72. The molecule has 0 saturated heterocycles. The van der Waals surface area contributed by atoms with E-state index >= 15 is 0 Å². The van der Waals surface area contributed by atoms with E-state index in [1.54, 1.807) is 30.7 Å². The molecule has 0 unspecified atom stereocenters. The highest BCUT2D eigenvalue weighted by atomic mass is 32.2. The fraction of sp³-hybridized carbons (Fsp3) is 0.238. The normalized spacial score (nSPS) is 11.9. The number of benzene rings is 1. The van der Waals surface area contributed by atoms with Gasteiger partial charge in [-0.05, 0) is 30.2 Å². The first-order valence-electron chi connectivity index (χ1n) is 9.43. The van der Waals surface area contributed by atoms with Gasteiger partial charge in [-0.15, -0.1) is 0 Å². The van der Waals surface area contributed by atoms with Gasteiger partial charge in [0, 0.05) is 36.3 Å². The van der Waals surface area contributed by atoms with Crippen molar-refractivity contribution in [1.82, 2.24) is 24.9 Å². The second-order valence-corrected chi connectivity index (χ2v) is 9.46. The highest BCUT2D eigenvalue weighted by Gasteiger charge is 2.21. The smallest absolute Gasteiger partial charge is 0.262 e. The van der Waals surface area contributed by atoms with Crippen LogP contribution in [0.3, 0.4) is 0 Å². The summed E-state index contributed by atoms with van der Waals surface area (Å²) in [6.07, 6.45) is 6.32. The fourth-order valence-corrected chi connectivity index (χ4v) is 3.82. The number of hydrogen-bond donors (Lipinski definition) is 0. The van der Waals surface area contributed by atoms with Gasteiger partial charge in [0.25, 0.3) is 5.89 Å². The van der Waals surface area contributed by atoms with Gasteiger partial charge in [0.05, 0.1) is 22.3 Å². The van der Waals surface area contributed by atoms with Crippen molar-refractivity contribution in [2.45, 2.75) is 25.3 Å². The van der Waals surface area contributed by atoms with Gasteiger partial charge in [0.2, 0.25) is 5.82 Å². The van der Waals surface area contributed by atoms with Crippen LogP contribution >= 0.6 is 0 Å². The van der Waals surface area contributed by atoms with Crippen LogP contribution in [0.5, 0.6) is 0 Å². The zero-order valence-corrected chi connectivity index (χ0v) is 17.7. The lowest BCUT2D eigenvalue weighted by atomic mass is 10.1. The number of hydrogen-bond acceptors (Lipinski definition) is 7. The molecular formula is C21H21N5O3S. The fourth-order valence-electron chi connectivity index (χ4n) is 3.16. The van der Waals surface area contributed by atoms with Gasteiger partial charge < -0.3 is 4.52 Å². The molecule has 30 heavy (non-hydrogen) atoms. The Balaban J connectivity index is 1.78. The van der Waals surface area contributed by atoms with E-state index < -0.39 is 9.84 Å². The molecule has 1 aromatic carbocycles. The van der Waals surface area contributed by atoms with Crippen LogP contribution in [0.4, 0.5) is 0 Å².